The summed E-state index contributed by atoms with van der Waals surface area (Å²) in [5.41, 5.74) is 4.00. The minimum atomic E-state index is -0.461. The Balaban J connectivity index is 0.907. The highest BCUT2D eigenvalue weighted by Crippen LogP contribution is 2.66. The van der Waals surface area contributed by atoms with Gasteiger partial charge in [-0.05, 0) is 79.2 Å². The van der Waals surface area contributed by atoms with E-state index in [1.807, 2.05) is 6.07 Å². The van der Waals surface area contributed by atoms with Gasteiger partial charge in [-0.25, -0.2) is 4.79 Å². The van der Waals surface area contributed by atoms with Gasteiger partial charge in [0.15, 0.2) is 17.5 Å². The average Bonchev–Trinajstić information content (AvgIpc) is 3.79. The molecular weight excluding hydrogens is 668 g/mol. The number of hydrogen-bond donors (Lipinski definition) is 0. The van der Waals surface area contributed by atoms with E-state index in [0.717, 1.165) is 57.5 Å². The monoisotopic (exact) mass is 732 g/mol. The van der Waals surface area contributed by atoms with Gasteiger partial charge in [0.2, 0.25) is 0 Å². The molecule has 2 aromatic rings. The Hall–Kier alpha value is -2.71. The number of hydrogen-bond acceptors (Lipinski definition) is 8. The smallest absolute Gasteiger partial charge is 0.181 e. The van der Waals surface area contributed by atoms with Crippen LogP contribution in [0.5, 0.6) is 5.75 Å². The molecule has 2 saturated carbocycles. The van der Waals surface area contributed by atoms with Crippen molar-refractivity contribution in [1.29, 1.82) is 0 Å². The van der Waals surface area contributed by atoms with Crippen molar-refractivity contribution < 1.29 is 38.0 Å². The summed E-state index contributed by atoms with van der Waals surface area (Å²) < 4.78 is 42.6. The fourth-order valence-electron chi connectivity index (χ4n) is 9.94. The van der Waals surface area contributed by atoms with Crippen LogP contribution in [0.3, 0.4) is 0 Å². The van der Waals surface area contributed by atoms with E-state index in [2.05, 4.69) is 49.4 Å². The Morgan fingerprint density at radius 1 is 0.830 bits per heavy atom. The number of benzene rings is 2. The standard InChI is InChI=1S/C45H64O8/c1-44-32-42(50-28-27-49-25-14-9-7-5-3-4-6-8-13-24-48-26-22-38(33-46)47-2)43-39-20-18-37(51-34-35-15-11-10-12-16-35)31-36(39)17-19-40(43)41(44)21-23-45(44)52-29-30-53-45/h10-12,15-16,18,20,31,40-43H,3-9,13-14,17,19,21-30,32,34H2,1-2H3/t40-,41-,42-,43+,44-/m0/s1. The predicted octanol–water partition coefficient (Wildman–Crippen LogP) is 9.16. The first kappa shape index (κ1) is 40.0. The first-order valence-electron chi connectivity index (χ1n) is 20.7. The van der Waals surface area contributed by atoms with Crippen LogP contribution in [-0.2, 0) is 46.2 Å². The number of carbonyl (C=O) groups excluding carboxylic acids is 1. The number of aryl methyl sites for hydroxylation is 1. The SMILES string of the molecule is COC(=C=O)CCOCCCCCCCCCCCOCCO[C@H]1C[C@@]2(C)[C@@H](CCC23OCCO3)[C@@H]2CCc3cc(OCc4ccccc4)ccc3[C@H]21. The molecule has 3 aliphatic carbocycles. The highest BCUT2D eigenvalue weighted by atomic mass is 16.7. The molecule has 3 fully saturated rings. The summed E-state index contributed by atoms with van der Waals surface area (Å²) in [6, 6.07) is 17.2. The third-order valence-corrected chi connectivity index (χ3v) is 12.7. The molecule has 0 amide bonds. The Kier molecular flexibility index (Phi) is 15.3. The minimum Gasteiger partial charge on any atom is -0.490 e. The Morgan fingerprint density at radius 2 is 1.53 bits per heavy atom. The minimum absolute atomic E-state index is 0.0495. The molecule has 1 spiro atoms. The Bertz CT molecular complexity index is 1430. The molecule has 1 heterocycles. The zero-order valence-corrected chi connectivity index (χ0v) is 32.5. The zero-order chi connectivity index (χ0) is 36.8. The second kappa shape index (κ2) is 20.3. The maximum absolute atomic E-state index is 10.6. The van der Waals surface area contributed by atoms with Crippen LogP contribution < -0.4 is 4.74 Å². The van der Waals surface area contributed by atoms with E-state index < -0.39 is 5.79 Å². The van der Waals surface area contributed by atoms with E-state index in [1.54, 1.807) is 5.94 Å². The largest absolute Gasteiger partial charge is 0.490 e. The van der Waals surface area contributed by atoms with Crippen LogP contribution in [0.4, 0.5) is 0 Å². The molecule has 5 atom stereocenters. The number of unbranched alkanes of at least 4 members (excludes halogenated alkanes) is 8. The normalized spacial score (nSPS) is 25.4. The van der Waals surface area contributed by atoms with Gasteiger partial charge in [-0.15, -0.1) is 0 Å². The van der Waals surface area contributed by atoms with Crippen molar-refractivity contribution in [3.8, 4) is 5.75 Å². The van der Waals surface area contributed by atoms with Crippen LogP contribution in [0.15, 0.2) is 54.3 Å². The lowest BCUT2D eigenvalue weighted by atomic mass is 9.53. The molecular formula is C45H64O8. The fraction of sp³-hybridized carbons (Fsp3) is 0.689. The van der Waals surface area contributed by atoms with E-state index >= 15 is 0 Å². The summed E-state index contributed by atoms with van der Waals surface area (Å²) in [7, 11) is 1.49. The van der Waals surface area contributed by atoms with Gasteiger partial charge in [-0.2, -0.15) is 0 Å². The summed E-state index contributed by atoms with van der Waals surface area (Å²) in [5.74, 6) is 4.09. The van der Waals surface area contributed by atoms with Crippen molar-refractivity contribution in [1.82, 2.24) is 0 Å². The van der Waals surface area contributed by atoms with E-state index in [1.165, 1.54) is 75.2 Å². The van der Waals surface area contributed by atoms with Crippen LogP contribution in [-0.4, -0.2) is 71.2 Å². The Labute approximate surface area is 318 Å². The molecule has 8 nitrogen and oxygen atoms in total. The fourth-order valence-corrected chi connectivity index (χ4v) is 9.94. The van der Waals surface area contributed by atoms with Crippen molar-refractivity contribution >= 4 is 5.94 Å². The van der Waals surface area contributed by atoms with Gasteiger partial charge in [-0.3, -0.25) is 0 Å². The summed E-state index contributed by atoms with van der Waals surface area (Å²) in [6.45, 7) is 7.72. The molecule has 53 heavy (non-hydrogen) atoms. The molecule has 1 saturated heterocycles. The average molecular weight is 733 g/mol. The topological polar surface area (TPSA) is 81.7 Å². The highest BCUT2D eigenvalue weighted by molar-refractivity contribution is 5.49. The molecule has 0 bridgehead atoms. The van der Waals surface area contributed by atoms with Gasteiger partial charge in [0.25, 0.3) is 0 Å². The highest BCUT2D eigenvalue weighted by Gasteiger charge is 2.67. The number of fused-ring (bicyclic) bond motifs is 6. The molecule has 8 heteroatoms. The Morgan fingerprint density at radius 3 is 2.23 bits per heavy atom. The lowest BCUT2D eigenvalue weighted by Crippen LogP contribution is -2.56. The lowest BCUT2D eigenvalue weighted by Gasteiger charge is -2.55. The molecule has 0 N–H and O–H groups in total. The first-order chi connectivity index (χ1) is 26.1. The first-order valence-corrected chi connectivity index (χ1v) is 20.7. The summed E-state index contributed by atoms with van der Waals surface area (Å²) >= 11 is 0. The molecule has 4 aliphatic rings. The van der Waals surface area contributed by atoms with Gasteiger partial charge >= 0.3 is 0 Å². The summed E-state index contributed by atoms with van der Waals surface area (Å²) in [5, 5.41) is 0. The van der Waals surface area contributed by atoms with Crippen molar-refractivity contribution in [2.75, 3.05) is 53.4 Å². The predicted molar refractivity (Wildman–Crippen MR) is 206 cm³/mol. The van der Waals surface area contributed by atoms with Gasteiger partial charge in [0.1, 0.15) is 12.4 Å². The molecule has 292 valence electrons. The lowest BCUT2D eigenvalue weighted by molar-refractivity contribution is -0.250. The van der Waals surface area contributed by atoms with E-state index in [9.17, 15) is 4.79 Å². The summed E-state index contributed by atoms with van der Waals surface area (Å²) in [4.78, 5) is 10.6. The van der Waals surface area contributed by atoms with Crippen molar-refractivity contribution in [2.24, 2.45) is 17.3 Å². The zero-order valence-electron chi connectivity index (χ0n) is 32.5. The van der Waals surface area contributed by atoms with Crippen LogP contribution in [0.2, 0.25) is 0 Å². The number of rotatable bonds is 23. The van der Waals surface area contributed by atoms with Crippen LogP contribution >= 0.6 is 0 Å². The molecule has 0 radical (unpaired) electrons. The van der Waals surface area contributed by atoms with Gasteiger partial charge in [-0.1, -0.05) is 88.3 Å². The van der Waals surface area contributed by atoms with Crippen LogP contribution in [0, 0.1) is 17.3 Å². The third kappa shape index (κ3) is 10.1. The number of methoxy groups -OCH3 is 1. The molecule has 2 aromatic carbocycles. The third-order valence-electron chi connectivity index (χ3n) is 12.7. The van der Waals surface area contributed by atoms with Crippen LogP contribution in [0.1, 0.15) is 119 Å². The second-order valence-electron chi connectivity index (χ2n) is 15.9. The van der Waals surface area contributed by atoms with Crippen molar-refractivity contribution in [3.63, 3.8) is 0 Å². The second-order valence-corrected chi connectivity index (χ2v) is 15.9. The molecule has 0 unspecified atom stereocenters. The molecule has 1 aliphatic heterocycles. The van der Waals surface area contributed by atoms with Gasteiger partial charge in [0.05, 0.1) is 46.2 Å². The van der Waals surface area contributed by atoms with E-state index in [-0.39, 0.29) is 11.5 Å². The van der Waals surface area contributed by atoms with Crippen LogP contribution in [0.25, 0.3) is 0 Å². The van der Waals surface area contributed by atoms with Gasteiger partial charge in [0, 0.05) is 37.4 Å². The summed E-state index contributed by atoms with van der Waals surface area (Å²) in [6.07, 6.45) is 16.9. The van der Waals surface area contributed by atoms with Crippen molar-refractivity contribution in [3.05, 3.63) is 71.0 Å². The molecule has 6 rings (SSSR count). The quantitative estimate of drug-likeness (QED) is 0.0636. The number of ether oxygens (including phenoxy) is 7. The molecule has 0 aromatic heterocycles. The van der Waals surface area contributed by atoms with Crippen molar-refractivity contribution in [2.45, 2.75) is 128 Å². The van der Waals surface area contributed by atoms with E-state index in [4.69, 9.17) is 33.2 Å². The maximum atomic E-state index is 10.6. The maximum Gasteiger partial charge on any atom is 0.181 e. The van der Waals surface area contributed by atoms with E-state index in [0.29, 0.717) is 69.6 Å². The van der Waals surface area contributed by atoms with Gasteiger partial charge < -0.3 is 33.2 Å².